The molecule has 2 atom stereocenters. The fourth-order valence-corrected chi connectivity index (χ4v) is 2.08. The summed E-state index contributed by atoms with van der Waals surface area (Å²) in [5.74, 6) is 0.930. The molecular formula is C13H20N2O2. The molecule has 94 valence electrons. The van der Waals surface area contributed by atoms with Gasteiger partial charge in [-0.2, -0.15) is 0 Å². The van der Waals surface area contributed by atoms with Crippen molar-refractivity contribution in [3.05, 3.63) is 30.9 Å². The zero-order valence-electron chi connectivity index (χ0n) is 10.3. The molecule has 4 nitrogen and oxygen atoms in total. The Labute approximate surface area is 102 Å². The Morgan fingerprint density at radius 1 is 1.71 bits per heavy atom. The quantitative estimate of drug-likeness (QED) is 0.737. The third-order valence-corrected chi connectivity index (χ3v) is 2.93. The molecule has 1 saturated heterocycles. The zero-order valence-corrected chi connectivity index (χ0v) is 10.3. The molecule has 1 aromatic heterocycles. The maximum Gasteiger partial charge on any atom is 0.158 e. The molecule has 0 bridgehead atoms. The van der Waals surface area contributed by atoms with Gasteiger partial charge in [0.05, 0.1) is 0 Å². The Hall–Kier alpha value is -1.13. The second-order valence-corrected chi connectivity index (χ2v) is 4.30. The summed E-state index contributed by atoms with van der Waals surface area (Å²) < 4.78 is 13.5. The summed E-state index contributed by atoms with van der Waals surface area (Å²) in [7, 11) is 0. The summed E-state index contributed by atoms with van der Waals surface area (Å²) in [6.45, 7) is 7.31. The average molecular weight is 236 g/mol. The Kier molecular flexibility index (Phi) is 4.34. The third-order valence-electron chi connectivity index (χ3n) is 2.93. The van der Waals surface area contributed by atoms with Crippen molar-refractivity contribution in [1.29, 1.82) is 0 Å². The molecule has 2 heterocycles. The van der Waals surface area contributed by atoms with Crippen LogP contribution in [0.5, 0.6) is 0 Å². The van der Waals surface area contributed by atoms with Crippen LogP contribution in [0, 0.1) is 0 Å². The van der Waals surface area contributed by atoms with Gasteiger partial charge in [-0.25, -0.2) is 4.98 Å². The summed E-state index contributed by atoms with van der Waals surface area (Å²) in [4.78, 5) is 4.33. The maximum atomic E-state index is 5.88. The molecule has 2 rings (SSSR count). The summed E-state index contributed by atoms with van der Waals surface area (Å²) in [6.07, 6.45) is 8.76. The van der Waals surface area contributed by atoms with Crippen molar-refractivity contribution in [2.24, 2.45) is 0 Å². The molecular weight excluding hydrogens is 216 g/mol. The number of hydrogen-bond donors (Lipinski definition) is 0. The van der Waals surface area contributed by atoms with Gasteiger partial charge in [-0.3, -0.25) is 0 Å². The number of allylic oxidation sites excluding steroid dienone is 1. The SMILES string of the molecule is C=CCn1ccnc1C(C)OC1CCCCO1. The van der Waals surface area contributed by atoms with Crippen LogP contribution < -0.4 is 0 Å². The number of hydrogen-bond acceptors (Lipinski definition) is 3. The fourth-order valence-electron chi connectivity index (χ4n) is 2.08. The van der Waals surface area contributed by atoms with E-state index in [-0.39, 0.29) is 12.4 Å². The lowest BCUT2D eigenvalue weighted by molar-refractivity contribution is -0.188. The van der Waals surface area contributed by atoms with Crippen LogP contribution in [0.15, 0.2) is 25.0 Å². The van der Waals surface area contributed by atoms with Crippen molar-refractivity contribution in [3.8, 4) is 0 Å². The smallest absolute Gasteiger partial charge is 0.158 e. The number of ether oxygens (including phenoxy) is 2. The summed E-state index contributed by atoms with van der Waals surface area (Å²) in [5.41, 5.74) is 0. The van der Waals surface area contributed by atoms with Gasteiger partial charge in [0, 0.05) is 25.5 Å². The lowest BCUT2D eigenvalue weighted by atomic mass is 10.2. The largest absolute Gasteiger partial charge is 0.353 e. The molecule has 1 aliphatic heterocycles. The Morgan fingerprint density at radius 3 is 3.29 bits per heavy atom. The highest BCUT2D eigenvalue weighted by Crippen LogP contribution is 2.22. The normalized spacial score (nSPS) is 22.3. The predicted octanol–water partition coefficient (Wildman–Crippen LogP) is 2.67. The lowest BCUT2D eigenvalue weighted by Gasteiger charge is -2.26. The lowest BCUT2D eigenvalue weighted by Crippen LogP contribution is -2.24. The average Bonchev–Trinajstić information content (AvgIpc) is 2.79. The van der Waals surface area contributed by atoms with E-state index in [4.69, 9.17) is 9.47 Å². The van der Waals surface area contributed by atoms with Gasteiger partial charge in [-0.15, -0.1) is 6.58 Å². The van der Waals surface area contributed by atoms with Crippen LogP contribution in [-0.4, -0.2) is 22.4 Å². The molecule has 0 radical (unpaired) electrons. The van der Waals surface area contributed by atoms with E-state index in [1.807, 2.05) is 23.8 Å². The fraction of sp³-hybridized carbons (Fsp3) is 0.615. The molecule has 4 heteroatoms. The Bertz CT molecular complexity index is 356. The number of imidazole rings is 1. The van der Waals surface area contributed by atoms with Crippen molar-refractivity contribution in [3.63, 3.8) is 0 Å². The minimum absolute atomic E-state index is 0.0481. The van der Waals surface area contributed by atoms with Gasteiger partial charge in [0.1, 0.15) is 11.9 Å². The first kappa shape index (κ1) is 12.3. The summed E-state index contributed by atoms with van der Waals surface area (Å²) >= 11 is 0. The highest BCUT2D eigenvalue weighted by atomic mass is 16.7. The van der Waals surface area contributed by atoms with Crippen LogP contribution in [0.1, 0.15) is 38.1 Å². The van der Waals surface area contributed by atoms with Crippen molar-refractivity contribution < 1.29 is 9.47 Å². The number of rotatable bonds is 5. The van der Waals surface area contributed by atoms with Crippen LogP contribution in [-0.2, 0) is 16.0 Å². The monoisotopic (exact) mass is 236 g/mol. The molecule has 1 aromatic rings. The minimum atomic E-state index is -0.0763. The topological polar surface area (TPSA) is 36.3 Å². The van der Waals surface area contributed by atoms with Crippen LogP contribution in [0.3, 0.4) is 0 Å². The molecule has 0 aliphatic carbocycles. The van der Waals surface area contributed by atoms with E-state index in [2.05, 4.69) is 11.6 Å². The van der Waals surface area contributed by atoms with E-state index in [0.29, 0.717) is 0 Å². The molecule has 0 spiro atoms. The van der Waals surface area contributed by atoms with Gasteiger partial charge >= 0.3 is 0 Å². The van der Waals surface area contributed by atoms with Gasteiger partial charge < -0.3 is 14.0 Å². The van der Waals surface area contributed by atoms with E-state index < -0.39 is 0 Å². The van der Waals surface area contributed by atoms with Crippen molar-refractivity contribution in [1.82, 2.24) is 9.55 Å². The standard InChI is InChI=1S/C13H20N2O2/c1-3-8-15-9-7-14-13(15)11(2)17-12-6-4-5-10-16-12/h3,7,9,11-12H,1,4-6,8,10H2,2H3. The van der Waals surface area contributed by atoms with Crippen molar-refractivity contribution >= 4 is 0 Å². The summed E-state index contributed by atoms with van der Waals surface area (Å²) in [5, 5.41) is 0. The first-order valence-electron chi connectivity index (χ1n) is 6.20. The van der Waals surface area contributed by atoms with Crippen LogP contribution in [0.2, 0.25) is 0 Å². The Morgan fingerprint density at radius 2 is 2.59 bits per heavy atom. The molecule has 0 aromatic carbocycles. The van der Waals surface area contributed by atoms with Crippen LogP contribution in [0.25, 0.3) is 0 Å². The molecule has 17 heavy (non-hydrogen) atoms. The second kappa shape index (κ2) is 5.98. The van der Waals surface area contributed by atoms with Gasteiger partial charge in [-0.1, -0.05) is 6.08 Å². The predicted molar refractivity (Wildman–Crippen MR) is 65.5 cm³/mol. The molecule has 1 aliphatic rings. The van der Waals surface area contributed by atoms with E-state index >= 15 is 0 Å². The number of aromatic nitrogens is 2. The summed E-state index contributed by atoms with van der Waals surface area (Å²) in [6, 6.07) is 0. The minimum Gasteiger partial charge on any atom is -0.353 e. The van der Waals surface area contributed by atoms with E-state index in [0.717, 1.165) is 31.8 Å². The van der Waals surface area contributed by atoms with Crippen LogP contribution in [0.4, 0.5) is 0 Å². The molecule has 1 fully saturated rings. The highest BCUT2D eigenvalue weighted by Gasteiger charge is 2.20. The molecule has 0 amide bonds. The van der Waals surface area contributed by atoms with E-state index in [1.54, 1.807) is 6.20 Å². The number of nitrogens with zero attached hydrogens (tertiary/aromatic N) is 2. The highest BCUT2D eigenvalue weighted by molar-refractivity contribution is 4.97. The van der Waals surface area contributed by atoms with Gasteiger partial charge in [0.25, 0.3) is 0 Å². The van der Waals surface area contributed by atoms with E-state index in [1.165, 1.54) is 6.42 Å². The van der Waals surface area contributed by atoms with Gasteiger partial charge in [0.15, 0.2) is 6.29 Å². The third kappa shape index (κ3) is 3.17. The maximum absolute atomic E-state index is 5.88. The molecule has 0 saturated carbocycles. The van der Waals surface area contributed by atoms with Crippen LogP contribution >= 0.6 is 0 Å². The van der Waals surface area contributed by atoms with E-state index in [9.17, 15) is 0 Å². The van der Waals surface area contributed by atoms with Crippen molar-refractivity contribution in [2.45, 2.75) is 45.1 Å². The zero-order chi connectivity index (χ0) is 12.1. The molecule has 0 N–H and O–H groups in total. The van der Waals surface area contributed by atoms with Gasteiger partial charge in [-0.05, 0) is 26.2 Å². The van der Waals surface area contributed by atoms with Gasteiger partial charge in [0.2, 0.25) is 0 Å². The Balaban J connectivity index is 1.95. The molecule has 2 unspecified atom stereocenters. The first-order chi connectivity index (χ1) is 8.31. The van der Waals surface area contributed by atoms with Crippen molar-refractivity contribution in [2.75, 3.05) is 6.61 Å². The first-order valence-corrected chi connectivity index (χ1v) is 6.20. The second-order valence-electron chi connectivity index (χ2n) is 4.30.